The van der Waals surface area contributed by atoms with E-state index in [0.717, 1.165) is 35.9 Å². The number of hydrazine groups is 1. The standard InChI is InChI=1S/C11H16N4O/c1-6-4-7(6)10-13-9-2-3-16-5-8(9)11(14-10)15-12/h6-7H,2-5,12H2,1H3,(H,13,14,15). The van der Waals surface area contributed by atoms with Crippen molar-refractivity contribution in [1.82, 2.24) is 9.97 Å². The average molecular weight is 220 g/mol. The number of aromatic nitrogens is 2. The summed E-state index contributed by atoms with van der Waals surface area (Å²) in [6.45, 7) is 3.54. The van der Waals surface area contributed by atoms with Gasteiger partial charge in [0.25, 0.3) is 0 Å². The Hall–Kier alpha value is -1.20. The molecule has 0 bridgehead atoms. The molecule has 16 heavy (non-hydrogen) atoms. The van der Waals surface area contributed by atoms with Crippen LogP contribution in [-0.4, -0.2) is 16.6 Å². The van der Waals surface area contributed by atoms with Crippen molar-refractivity contribution in [1.29, 1.82) is 0 Å². The zero-order valence-corrected chi connectivity index (χ0v) is 9.36. The quantitative estimate of drug-likeness (QED) is 0.573. The molecule has 5 nitrogen and oxygen atoms in total. The highest BCUT2D eigenvalue weighted by molar-refractivity contribution is 5.46. The molecule has 0 saturated heterocycles. The van der Waals surface area contributed by atoms with Gasteiger partial charge < -0.3 is 10.2 Å². The Balaban J connectivity index is 2.02. The van der Waals surface area contributed by atoms with E-state index < -0.39 is 0 Å². The molecule has 1 aromatic rings. The molecular weight excluding hydrogens is 204 g/mol. The Labute approximate surface area is 94.4 Å². The topological polar surface area (TPSA) is 73.1 Å². The molecule has 3 rings (SSSR count). The van der Waals surface area contributed by atoms with Gasteiger partial charge in [0.2, 0.25) is 0 Å². The molecular formula is C11H16N4O. The summed E-state index contributed by atoms with van der Waals surface area (Å²) in [5, 5.41) is 0. The second-order valence-electron chi connectivity index (χ2n) is 4.62. The number of anilines is 1. The predicted octanol–water partition coefficient (Wildman–Crippen LogP) is 0.958. The molecule has 0 radical (unpaired) electrons. The van der Waals surface area contributed by atoms with Gasteiger partial charge in [0.05, 0.1) is 18.9 Å². The van der Waals surface area contributed by atoms with Crippen LogP contribution in [0.4, 0.5) is 5.82 Å². The molecule has 3 N–H and O–H groups in total. The Morgan fingerprint density at radius 3 is 2.94 bits per heavy atom. The number of hydrogen-bond acceptors (Lipinski definition) is 5. The number of nitrogen functional groups attached to an aromatic ring is 1. The Bertz CT molecular complexity index is 403. The van der Waals surface area contributed by atoms with Crippen molar-refractivity contribution in [2.75, 3.05) is 12.0 Å². The molecule has 5 heteroatoms. The highest BCUT2D eigenvalue weighted by atomic mass is 16.5. The zero-order valence-electron chi connectivity index (χ0n) is 9.36. The molecule has 1 aliphatic heterocycles. The fraction of sp³-hybridized carbons (Fsp3) is 0.636. The normalized spacial score (nSPS) is 27.4. The summed E-state index contributed by atoms with van der Waals surface area (Å²) in [4.78, 5) is 9.14. The maximum atomic E-state index is 5.50. The summed E-state index contributed by atoms with van der Waals surface area (Å²) in [5.41, 5.74) is 4.78. The lowest BCUT2D eigenvalue weighted by Gasteiger charge is -2.19. The minimum absolute atomic E-state index is 0.528. The van der Waals surface area contributed by atoms with E-state index >= 15 is 0 Å². The Morgan fingerprint density at radius 2 is 2.25 bits per heavy atom. The van der Waals surface area contributed by atoms with E-state index in [1.54, 1.807) is 0 Å². The summed E-state index contributed by atoms with van der Waals surface area (Å²) in [6, 6.07) is 0. The molecule has 1 saturated carbocycles. The van der Waals surface area contributed by atoms with Crippen molar-refractivity contribution in [3.63, 3.8) is 0 Å². The number of nitrogens with one attached hydrogen (secondary N) is 1. The molecule has 0 amide bonds. The Morgan fingerprint density at radius 1 is 1.44 bits per heavy atom. The fourth-order valence-corrected chi connectivity index (χ4v) is 2.22. The summed E-state index contributed by atoms with van der Waals surface area (Å²) in [6.07, 6.45) is 2.06. The van der Waals surface area contributed by atoms with E-state index in [0.29, 0.717) is 18.4 Å². The first kappa shape index (κ1) is 9.99. The van der Waals surface area contributed by atoms with E-state index in [9.17, 15) is 0 Å². The molecule has 86 valence electrons. The second kappa shape index (κ2) is 3.68. The first-order valence-corrected chi connectivity index (χ1v) is 5.73. The molecule has 2 atom stereocenters. The van der Waals surface area contributed by atoms with Crippen LogP contribution in [-0.2, 0) is 17.8 Å². The monoisotopic (exact) mass is 220 g/mol. The SMILES string of the molecule is CC1CC1c1nc2c(c(NN)n1)COCC2. The number of rotatable bonds is 2. The van der Waals surface area contributed by atoms with Gasteiger partial charge in [-0.3, -0.25) is 0 Å². The van der Waals surface area contributed by atoms with Crippen LogP contribution < -0.4 is 11.3 Å². The average Bonchev–Trinajstić information content (AvgIpc) is 3.05. The van der Waals surface area contributed by atoms with Crippen molar-refractivity contribution >= 4 is 5.82 Å². The van der Waals surface area contributed by atoms with Crippen LogP contribution >= 0.6 is 0 Å². The third kappa shape index (κ3) is 1.56. The van der Waals surface area contributed by atoms with E-state index in [1.165, 1.54) is 6.42 Å². The largest absolute Gasteiger partial charge is 0.376 e. The molecule has 2 unspecified atom stereocenters. The Kier molecular flexibility index (Phi) is 2.29. The maximum Gasteiger partial charge on any atom is 0.149 e. The molecule has 1 aromatic heterocycles. The van der Waals surface area contributed by atoms with Crippen molar-refractivity contribution in [2.24, 2.45) is 11.8 Å². The number of hydrogen-bond donors (Lipinski definition) is 2. The summed E-state index contributed by atoms with van der Waals surface area (Å²) >= 11 is 0. The lowest BCUT2D eigenvalue weighted by molar-refractivity contribution is 0.109. The fourth-order valence-electron chi connectivity index (χ4n) is 2.22. The third-order valence-corrected chi connectivity index (χ3v) is 3.42. The molecule has 1 fully saturated rings. The minimum atomic E-state index is 0.528. The van der Waals surface area contributed by atoms with Gasteiger partial charge in [-0.15, -0.1) is 0 Å². The van der Waals surface area contributed by atoms with Crippen LogP contribution in [0.5, 0.6) is 0 Å². The highest BCUT2D eigenvalue weighted by Crippen LogP contribution is 2.46. The molecule has 1 aliphatic carbocycles. The second-order valence-corrected chi connectivity index (χ2v) is 4.62. The van der Waals surface area contributed by atoms with Crippen LogP contribution in [0, 0.1) is 5.92 Å². The highest BCUT2D eigenvalue weighted by Gasteiger charge is 2.37. The van der Waals surface area contributed by atoms with Crippen LogP contribution in [0.1, 0.15) is 36.3 Å². The van der Waals surface area contributed by atoms with Crippen molar-refractivity contribution in [2.45, 2.75) is 32.3 Å². The summed E-state index contributed by atoms with van der Waals surface area (Å²) < 4.78 is 5.40. The van der Waals surface area contributed by atoms with Crippen LogP contribution in [0.2, 0.25) is 0 Å². The van der Waals surface area contributed by atoms with Gasteiger partial charge in [0.1, 0.15) is 11.6 Å². The van der Waals surface area contributed by atoms with Crippen molar-refractivity contribution in [3.8, 4) is 0 Å². The first-order valence-electron chi connectivity index (χ1n) is 5.73. The number of nitrogens with two attached hydrogens (primary N) is 1. The van der Waals surface area contributed by atoms with E-state index in [2.05, 4.69) is 22.3 Å². The van der Waals surface area contributed by atoms with E-state index in [4.69, 9.17) is 10.6 Å². The molecule has 2 aliphatic rings. The van der Waals surface area contributed by atoms with Crippen molar-refractivity contribution < 1.29 is 4.74 Å². The van der Waals surface area contributed by atoms with Crippen LogP contribution in [0.15, 0.2) is 0 Å². The maximum absolute atomic E-state index is 5.50. The molecule has 0 spiro atoms. The first-order chi connectivity index (χ1) is 7.79. The van der Waals surface area contributed by atoms with E-state index in [-0.39, 0.29) is 0 Å². The van der Waals surface area contributed by atoms with E-state index in [1.807, 2.05) is 0 Å². The van der Waals surface area contributed by atoms with Crippen molar-refractivity contribution in [3.05, 3.63) is 17.1 Å². The number of nitrogens with zero attached hydrogens (tertiary/aromatic N) is 2. The third-order valence-electron chi connectivity index (χ3n) is 3.42. The summed E-state index contributed by atoms with van der Waals surface area (Å²) in [7, 11) is 0. The van der Waals surface area contributed by atoms with Gasteiger partial charge in [-0.1, -0.05) is 6.92 Å². The number of ether oxygens (including phenoxy) is 1. The molecule has 0 aromatic carbocycles. The van der Waals surface area contributed by atoms with Crippen LogP contribution in [0.25, 0.3) is 0 Å². The lowest BCUT2D eigenvalue weighted by atomic mass is 10.1. The van der Waals surface area contributed by atoms with Gasteiger partial charge in [-0.05, 0) is 12.3 Å². The van der Waals surface area contributed by atoms with Gasteiger partial charge in [-0.2, -0.15) is 0 Å². The predicted molar refractivity (Wildman–Crippen MR) is 59.7 cm³/mol. The number of fused-ring (bicyclic) bond motifs is 1. The summed E-state index contributed by atoms with van der Waals surface area (Å²) in [5.74, 6) is 8.42. The van der Waals surface area contributed by atoms with Gasteiger partial charge in [-0.25, -0.2) is 15.8 Å². The minimum Gasteiger partial charge on any atom is -0.376 e. The van der Waals surface area contributed by atoms with Gasteiger partial charge in [0, 0.05) is 17.9 Å². The zero-order chi connectivity index (χ0) is 11.1. The smallest absolute Gasteiger partial charge is 0.149 e. The lowest BCUT2D eigenvalue weighted by Crippen LogP contribution is -2.20. The molecule has 2 heterocycles. The van der Waals surface area contributed by atoms with Gasteiger partial charge in [0.15, 0.2) is 0 Å². The van der Waals surface area contributed by atoms with Gasteiger partial charge >= 0.3 is 0 Å². The van der Waals surface area contributed by atoms with Crippen LogP contribution in [0.3, 0.4) is 0 Å².